The summed E-state index contributed by atoms with van der Waals surface area (Å²) in [7, 11) is 0. The fraction of sp³-hybridized carbons (Fsp3) is 0.0500. The molecule has 2 nitrogen and oxygen atoms in total. The van der Waals surface area contributed by atoms with Gasteiger partial charge in [-0.2, -0.15) is 0 Å². The van der Waals surface area contributed by atoms with Crippen LogP contribution in [0.25, 0.3) is 11.1 Å². The Balaban J connectivity index is 2.04. The molecule has 4 rings (SSSR count). The van der Waals surface area contributed by atoms with E-state index in [-0.39, 0.29) is 0 Å². The molecule has 0 amide bonds. The summed E-state index contributed by atoms with van der Waals surface area (Å²) in [5.74, 6) is 0. The first-order chi connectivity index (χ1) is 11.5. The Labute approximate surface area is 156 Å². The van der Waals surface area contributed by atoms with Crippen LogP contribution in [0, 0.1) is 0 Å². The number of halogens is 2. The van der Waals surface area contributed by atoms with Gasteiger partial charge in [-0.05, 0) is 41.0 Å². The van der Waals surface area contributed by atoms with Crippen LogP contribution in [0.5, 0.6) is 0 Å². The van der Waals surface area contributed by atoms with Crippen molar-refractivity contribution >= 4 is 38.1 Å². The van der Waals surface area contributed by atoms with Gasteiger partial charge in [0, 0.05) is 25.6 Å². The van der Waals surface area contributed by atoms with Crippen molar-refractivity contribution in [1.29, 1.82) is 0 Å². The lowest BCUT2D eigenvalue weighted by molar-refractivity contribution is 0.112. The summed E-state index contributed by atoms with van der Waals surface area (Å²) >= 11 is 7.01. The van der Waals surface area contributed by atoms with E-state index in [0.717, 1.165) is 43.0 Å². The third-order valence-corrected chi connectivity index (χ3v) is 5.48. The molecule has 0 bridgehead atoms. The molecule has 3 aromatic carbocycles. The maximum absolute atomic E-state index is 11.7. The molecule has 3 aromatic rings. The van der Waals surface area contributed by atoms with Crippen LogP contribution < -0.4 is 0 Å². The molecule has 0 heterocycles. The molecule has 0 radical (unpaired) electrons. The monoisotopic (exact) mass is 442 g/mol. The molecule has 0 saturated heterocycles. The summed E-state index contributed by atoms with van der Waals surface area (Å²) < 4.78 is 1.83. The minimum absolute atomic E-state index is 0.587. The van der Waals surface area contributed by atoms with Crippen molar-refractivity contribution in [2.45, 2.75) is 5.60 Å². The van der Waals surface area contributed by atoms with E-state index in [1.165, 1.54) is 0 Å². The highest BCUT2D eigenvalue weighted by atomic mass is 79.9. The summed E-state index contributed by atoms with van der Waals surface area (Å²) in [6.45, 7) is 0. The summed E-state index contributed by atoms with van der Waals surface area (Å²) in [4.78, 5) is 10.9. The Kier molecular flexibility index (Phi) is 3.71. The van der Waals surface area contributed by atoms with E-state index in [2.05, 4.69) is 31.9 Å². The summed E-state index contributed by atoms with van der Waals surface area (Å²) in [5.41, 5.74) is 3.78. The highest BCUT2D eigenvalue weighted by Crippen LogP contribution is 2.52. The Morgan fingerprint density at radius 2 is 1.29 bits per heavy atom. The quantitative estimate of drug-likeness (QED) is 0.546. The van der Waals surface area contributed by atoms with Crippen LogP contribution in [0.4, 0.5) is 0 Å². The van der Waals surface area contributed by atoms with Gasteiger partial charge in [0.15, 0.2) is 0 Å². The van der Waals surface area contributed by atoms with Gasteiger partial charge in [-0.15, -0.1) is 0 Å². The fourth-order valence-electron chi connectivity index (χ4n) is 3.36. The standard InChI is InChI=1S/C20H12Br2O2/c21-14-5-7-16-17-8-6-15(22)10-19(17)20(24,18(16)9-14)13-3-1-12(11-23)2-4-13/h1-11,24H. The Hall–Kier alpha value is -1.75. The van der Waals surface area contributed by atoms with Crippen molar-refractivity contribution in [1.82, 2.24) is 0 Å². The maximum atomic E-state index is 11.7. The third-order valence-electron chi connectivity index (χ3n) is 4.50. The molecular weight excluding hydrogens is 432 g/mol. The van der Waals surface area contributed by atoms with Gasteiger partial charge in [-0.1, -0.05) is 68.3 Å². The van der Waals surface area contributed by atoms with Crippen molar-refractivity contribution in [3.8, 4) is 11.1 Å². The number of hydrogen-bond donors (Lipinski definition) is 1. The second-order valence-electron chi connectivity index (χ2n) is 5.83. The van der Waals surface area contributed by atoms with Gasteiger partial charge in [-0.3, -0.25) is 4.79 Å². The summed E-state index contributed by atoms with van der Waals surface area (Å²) in [6, 6.07) is 19.0. The molecule has 0 saturated carbocycles. The second kappa shape index (κ2) is 5.66. The Bertz CT molecular complexity index is 910. The molecule has 1 aliphatic rings. The normalized spacial score (nSPS) is 14.1. The SMILES string of the molecule is O=Cc1ccc(C2(O)c3cc(Br)ccc3-c3ccc(Br)cc32)cc1. The highest BCUT2D eigenvalue weighted by molar-refractivity contribution is 9.10. The molecule has 0 spiro atoms. The lowest BCUT2D eigenvalue weighted by atomic mass is 9.84. The number of hydrogen-bond acceptors (Lipinski definition) is 2. The molecule has 118 valence electrons. The number of aliphatic hydroxyl groups is 1. The van der Waals surface area contributed by atoms with E-state index >= 15 is 0 Å². The predicted octanol–water partition coefficient (Wildman–Crippen LogP) is 5.29. The minimum atomic E-state index is -1.25. The van der Waals surface area contributed by atoms with Crippen molar-refractivity contribution in [2.24, 2.45) is 0 Å². The lowest BCUT2D eigenvalue weighted by Gasteiger charge is -2.27. The van der Waals surface area contributed by atoms with Gasteiger partial charge >= 0.3 is 0 Å². The zero-order valence-corrected chi connectivity index (χ0v) is 15.6. The maximum Gasteiger partial charge on any atom is 0.150 e. The largest absolute Gasteiger partial charge is 0.376 e. The van der Waals surface area contributed by atoms with Crippen molar-refractivity contribution in [3.05, 3.63) is 91.9 Å². The van der Waals surface area contributed by atoms with Crippen LogP contribution in [-0.2, 0) is 5.60 Å². The topological polar surface area (TPSA) is 37.3 Å². The second-order valence-corrected chi connectivity index (χ2v) is 7.66. The van der Waals surface area contributed by atoms with E-state index < -0.39 is 5.60 Å². The number of fused-ring (bicyclic) bond motifs is 3. The summed E-state index contributed by atoms with van der Waals surface area (Å²) in [5, 5.41) is 11.7. The van der Waals surface area contributed by atoms with Crippen molar-refractivity contribution < 1.29 is 9.90 Å². The zero-order valence-electron chi connectivity index (χ0n) is 12.5. The first-order valence-electron chi connectivity index (χ1n) is 7.42. The van der Waals surface area contributed by atoms with Gasteiger partial charge in [0.1, 0.15) is 11.9 Å². The number of benzene rings is 3. The van der Waals surface area contributed by atoms with Gasteiger partial charge < -0.3 is 5.11 Å². The van der Waals surface area contributed by atoms with Crippen LogP contribution in [-0.4, -0.2) is 11.4 Å². The van der Waals surface area contributed by atoms with Crippen LogP contribution >= 0.6 is 31.9 Å². The molecular formula is C20H12Br2O2. The Morgan fingerprint density at radius 3 is 1.75 bits per heavy atom. The number of carbonyl (C=O) groups is 1. The number of rotatable bonds is 2. The lowest BCUT2D eigenvalue weighted by Crippen LogP contribution is -2.26. The van der Waals surface area contributed by atoms with Crippen LogP contribution in [0.1, 0.15) is 27.0 Å². The third kappa shape index (κ3) is 2.21. The van der Waals surface area contributed by atoms with Crippen LogP contribution in [0.3, 0.4) is 0 Å². The molecule has 4 heteroatoms. The molecule has 1 N–H and O–H groups in total. The number of carbonyl (C=O) groups excluding carboxylic acids is 1. The van der Waals surface area contributed by atoms with Gasteiger partial charge in [0.2, 0.25) is 0 Å². The molecule has 0 aliphatic heterocycles. The van der Waals surface area contributed by atoms with Crippen molar-refractivity contribution in [3.63, 3.8) is 0 Å². The predicted molar refractivity (Wildman–Crippen MR) is 101 cm³/mol. The first-order valence-corrected chi connectivity index (χ1v) is 9.01. The number of aldehydes is 1. The van der Waals surface area contributed by atoms with Gasteiger partial charge in [0.05, 0.1) is 0 Å². The minimum Gasteiger partial charge on any atom is -0.376 e. The Morgan fingerprint density at radius 1 is 0.792 bits per heavy atom. The molecule has 0 unspecified atom stereocenters. The smallest absolute Gasteiger partial charge is 0.150 e. The molecule has 0 atom stereocenters. The zero-order chi connectivity index (χ0) is 16.9. The van der Waals surface area contributed by atoms with Gasteiger partial charge in [0.25, 0.3) is 0 Å². The van der Waals surface area contributed by atoms with Crippen LogP contribution in [0.2, 0.25) is 0 Å². The van der Waals surface area contributed by atoms with E-state index in [1.54, 1.807) is 12.1 Å². The highest BCUT2D eigenvalue weighted by Gasteiger charge is 2.43. The molecule has 24 heavy (non-hydrogen) atoms. The van der Waals surface area contributed by atoms with Gasteiger partial charge in [-0.25, -0.2) is 0 Å². The molecule has 1 aliphatic carbocycles. The van der Waals surface area contributed by atoms with E-state index in [1.807, 2.05) is 48.5 Å². The average Bonchev–Trinajstić information content (AvgIpc) is 2.84. The molecule has 0 aromatic heterocycles. The average molecular weight is 444 g/mol. The van der Waals surface area contributed by atoms with E-state index in [9.17, 15) is 9.90 Å². The van der Waals surface area contributed by atoms with E-state index in [0.29, 0.717) is 5.56 Å². The van der Waals surface area contributed by atoms with Crippen LogP contribution in [0.15, 0.2) is 69.6 Å². The fourth-order valence-corrected chi connectivity index (χ4v) is 4.08. The van der Waals surface area contributed by atoms with E-state index in [4.69, 9.17) is 0 Å². The van der Waals surface area contributed by atoms with Crippen molar-refractivity contribution in [2.75, 3.05) is 0 Å². The first kappa shape index (κ1) is 15.8. The molecule has 0 fully saturated rings. The summed E-state index contributed by atoms with van der Waals surface area (Å²) in [6.07, 6.45) is 0.803.